The van der Waals surface area contributed by atoms with E-state index in [-0.39, 0.29) is 24.1 Å². The average molecular weight is 452 g/mol. The third kappa shape index (κ3) is 5.56. The lowest BCUT2D eigenvalue weighted by Crippen LogP contribution is -2.34. The Morgan fingerprint density at radius 1 is 0.969 bits per heavy atom. The summed E-state index contributed by atoms with van der Waals surface area (Å²) in [6.07, 6.45) is 0. The van der Waals surface area contributed by atoms with Gasteiger partial charge in [0.25, 0.3) is 0 Å². The molecule has 2 N–H and O–H groups in total. The van der Waals surface area contributed by atoms with E-state index in [4.69, 9.17) is 0 Å². The van der Waals surface area contributed by atoms with Gasteiger partial charge in [0.2, 0.25) is 11.8 Å². The maximum Gasteiger partial charge on any atom is 0.243 e. The van der Waals surface area contributed by atoms with Crippen molar-refractivity contribution in [2.24, 2.45) is 0 Å². The second kappa shape index (κ2) is 10.5. The molecule has 7 nitrogen and oxygen atoms in total. The van der Waals surface area contributed by atoms with Gasteiger partial charge in [-0.2, -0.15) is 0 Å². The second-order valence-corrected chi connectivity index (χ2v) is 8.70. The molecule has 32 heavy (non-hydrogen) atoms. The van der Waals surface area contributed by atoms with Crippen molar-refractivity contribution in [3.63, 3.8) is 0 Å². The van der Waals surface area contributed by atoms with Gasteiger partial charge in [-0.05, 0) is 51.3 Å². The molecule has 0 aliphatic heterocycles. The summed E-state index contributed by atoms with van der Waals surface area (Å²) in [6.45, 7) is 10.6. The zero-order chi connectivity index (χ0) is 23.3. The zero-order valence-corrected chi connectivity index (χ0v) is 20.0. The molecule has 0 radical (unpaired) electrons. The largest absolute Gasteiger partial charge is 0.346 e. The first-order valence-corrected chi connectivity index (χ1v) is 11.5. The van der Waals surface area contributed by atoms with Crippen LogP contribution in [0, 0.1) is 27.7 Å². The first kappa shape index (κ1) is 23.5. The van der Waals surface area contributed by atoms with Gasteiger partial charge in [-0.25, -0.2) is 0 Å². The fourth-order valence-corrected chi connectivity index (χ4v) is 4.46. The number of amides is 2. The first-order valence-electron chi connectivity index (χ1n) is 10.6. The minimum atomic E-state index is -0.253. The topological polar surface area (TPSA) is 88.9 Å². The number of rotatable bonds is 8. The van der Waals surface area contributed by atoms with Crippen molar-refractivity contribution in [1.82, 2.24) is 20.1 Å². The summed E-state index contributed by atoms with van der Waals surface area (Å²) in [4.78, 5) is 24.6. The summed E-state index contributed by atoms with van der Waals surface area (Å²) in [5, 5.41) is 14.9. The minimum absolute atomic E-state index is 0.0823. The monoisotopic (exact) mass is 451 g/mol. The normalized spacial score (nSPS) is 10.8. The fraction of sp³-hybridized carbons (Fsp3) is 0.333. The molecule has 0 spiro atoms. The molecule has 3 rings (SSSR count). The number of thioether (sulfide) groups is 1. The molecule has 0 unspecified atom stereocenters. The molecular formula is C24H29N5O2S. The van der Waals surface area contributed by atoms with Crippen LogP contribution in [0.3, 0.4) is 0 Å². The number of aryl methyl sites for hydroxylation is 4. The van der Waals surface area contributed by atoms with Crippen molar-refractivity contribution in [2.45, 2.75) is 46.3 Å². The van der Waals surface area contributed by atoms with E-state index < -0.39 is 0 Å². The van der Waals surface area contributed by atoms with Crippen LogP contribution in [-0.4, -0.2) is 38.9 Å². The van der Waals surface area contributed by atoms with Crippen LogP contribution in [-0.2, 0) is 16.1 Å². The maximum absolute atomic E-state index is 12.3. The summed E-state index contributed by atoms with van der Waals surface area (Å²) < 4.78 is 2.00. The Balaban J connectivity index is 1.55. The number of hydrogen-bond donors (Lipinski definition) is 2. The molecule has 2 aromatic carbocycles. The van der Waals surface area contributed by atoms with Crippen molar-refractivity contribution >= 4 is 29.3 Å². The number of hydrogen-bond acceptors (Lipinski definition) is 5. The van der Waals surface area contributed by atoms with Gasteiger partial charge in [0, 0.05) is 17.8 Å². The van der Waals surface area contributed by atoms with Crippen LogP contribution >= 0.6 is 11.8 Å². The van der Waals surface area contributed by atoms with E-state index in [1.807, 2.05) is 75.6 Å². The summed E-state index contributed by atoms with van der Waals surface area (Å²) in [7, 11) is 0. The summed E-state index contributed by atoms with van der Waals surface area (Å²) in [5.74, 6) is 0.459. The van der Waals surface area contributed by atoms with Crippen molar-refractivity contribution < 1.29 is 9.59 Å². The molecule has 0 saturated heterocycles. The maximum atomic E-state index is 12.3. The van der Waals surface area contributed by atoms with Crippen LogP contribution in [0.5, 0.6) is 0 Å². The molecule has 1 heterocycles. The molecule has 8 heteroatoms. The van der Waals surface area contributed by atoms with Crippen LogP contribution < -0.4 is 10.6 Å². The Kier molecular flexibility index (Phi) is 7.69. The van der Waals surface area contributed by atoms with Crippen molar-refractivity contribution in [2.75, 3.05) is 17.6 Å². The van der Waals surface area contributed by atoms with E-state index in [1.165, 1.54) is 11.8 Å². The summed E-state index contributed by atoms with van der Waals surface area (Å²) in [5.41, 5.74) is 6.09. The molecule has 0 aliphatic rings. The van der Waals surface area contributed by atoms with Gasteiger partial charge in [0.15, 0.2) is 11.0 Å². The Bertz CT molecular complexity index is 1120. The SMILES string of the molecule is CCn1c(SCC(=O)NCC(=O)Nc2c(C)cc(C)cc2C)nnc1-c1ccccc1C. The quantitative estimate of drug-likeness (QED) is 0.505. The molecule has 0 atom stereocenters. The smallest absolute Gasteiger partial charge is 0.243 e. The van der Waals surface area contributed by atoms with Gasteiger partial charge >= 0.3 is 0 Å². The lowest BCUT2D eigenvalue weighted by Gasteiger charge is -2.13. The Labute approximate surface area is 193 Å². The first-order chi connectivity index (χ1) is 15.3. The molecule has 3 aromatic rings. The third-order valence-corrected chi connectivity index (χ3v) is 6.11. The van der Waals surface area contributed by atoms with Gasteiger partial charge in [0.05, 0.1) is 12.3 Å². The highest BCUT2D eigenvalue weighted by Gasteiger charge is 2.16. The molecule has 0 aliphatic carbocycles. The highest BCUT2D eigenvalue weighted by molar-refractivity contribution is 7.99. The van der Waals surface area contributed by atoms with Gasteiger partial charge in [-0.15, -0.1) is 10.2 Å². The molecule has 0 saturated carbocycles. The Morgan fingerprint density at radius 2 is 1.66 bits per heavy atom. The minimum Gasteiger partial charge on any atom is -0.346 e. The van der Waals surface area contributed by atoms with Gasteiger partial charge in [-0.3, -0.25) is 9.59 Å². The summed E-state index contributed by atoms with van der Waals surface area (Å²) >= 11 is 1.31. The third-order valence-electron chi connectivity index (χ3n) is 5.14. The van der Waals surface area contributed by atoms with Gasteiger partial charge < -0.3 is 15.2 Å². The van der Waals surface area contributed by atoms with E-state index in [0.29, 0.717) is 11.7 Å². The molecule has 0 bridgehead atoms. The van der Waals surface area contributed by atoms with E-state index in [2.05, 4.69) is 20.8 Å². The molecule has 1 aromatic heterocycles. The zero-order valence-electron chi connectivity index (χ0n) is 19.2. The number of aromatic nitrogens is 3. The van der Waals surface area contributed by atoms with Crippen LogP contribution in [0.25, 0.3) is 11.4 Å². The number of nitrogens with zero attached hydrogens (tertiary/aromatic N) is 3. The second-order valence-electron chi connectivity index (χ2n) is 7.75. The van der Waals surface area contributed by atoms with Crippen LogP contribution in [0.2, 0.25) is 0 Å². The summed E-state index contributed by atoms with van der Waals surface area (Å²) in [6, 6.07) is 12.1. The Hall–Kier alpha value is -3.13. The number of nitrogens with one attached hydrogen (secondary N) is 2. The predicted octanol–water partition coefficient (Wildman–Crippen LogP) is 4.05. The lowest BCUT2D eigenvalue weighted by atomic mass is 10.1. The van der Waals surface area contributed by atoms with Crippen molar-refractivity contribution in [3.05, 3.63) is 58.7 Å². The Morgan fingerprint density at radius 3 is 2.31 bits per heavy atom. The van der Waals surface area contributed by atoms with E-state index in [1.54, 1.807) is 0 Å². The number of carbonyl (C=O) groups excluding carboxylic acids is 2. The lowest BCUT2D eigenvalue weighted by molar-refractivity contribution is -0.122. The van der Waals surface area contributed by atoms with Crippen LogP contribution in [0.4, 0.5) is 5.69 Å². The fourth-order valence-electron chi connectivity index (χ4n) is 3.62. The van der Waals surface area contributed by atoms with Crippen LogP contribution in [0.1, 0.15) is 29.2 Å². The van der Waals surface area contributed by atoms with Gasteiger partial charge in [-0.1, -0.05) is 53.7 Å². The van der Waals surface area contributed by atoms with Crippen molar-refractivity contribution in [1.29, 1.82) is 0 Å². The number of carbonyl (C=O) groups is 2. The molecule has 2 amide bonds. The highest BCUT2D eigenvalue weighted by atomic mass is 32.2. The van der Waals surface area contributed by atoms with E-state index >= 15 is 0 Å². The molecule has 0 fully saturated rings. The van der Waals surface area contributed by atoms with Crippen molar-refractivity contribution in [3.8, 4) is 11.4 Å². The highest BCUT2D eigenvalue weighted by Crippen LogP contribution is 2.26. The molecule has 168 valence electrons. The standard InChI is InChI=1S/C24H29N5O2S/c1-6-29-23(19-10-8-7-9-16(19)3)27-28-24(29)32-14-21(31)25-13-20(30)26-22-17(4)11-15(2)12-18(22)5/h7-12H,6,13-14H2,1-5H3,(H,25,31)(H,26,30). The molecular weight excluding hydrogens is 422 g/mol. The van der Waals surface area contributed by atoms with Crippen LogP contribution in [0.15, 0.2) is 41.6 Å². The number of anilines is 1. The van der Waals surface area contributed by atoms with E-state index in [9.17, 15) is 9.59 Å². The predicted molar refractivity (Wildman–Crippen MR) is 129 cm³/mol. The van der Waals surface area contributed by atoms with E-state index in [0.717, 1.165) is 39.3 Å². The van der Waals surface area contributed by atoms with Gasteiger partial charge in [0.1, 0.15) is 0 Å². The number of benzene rings is 2. The average Bonchev–Trinajstić information content (AvgIpc) is 3.16.